The summed E-state index contributed by atoms with van der Waals surface area (Å²) in [6.45, 7) is 9.95. The standard InChI is InChI=1S/C16H26N6/c1-13-10-14(15-19-17-12-22(15)20-13)18-16(2,3)11-21-8-6-4-5-7-9-21/h10,12,18H,4-9,11H2,1-3H3. The van der Waals surface area contributed by atoms with Crippen molar-refractivity contribution in [3.8, 4) is 0 Å². The van der Waals surface area contributed by atoms with Crippen molar-refractivity contribution >= 4 is 11.3 Å². The van der Waals surface area contributed by atoms with Crippen molar-refractivity contribution < 1.29 is 0 Å². The van der Waals surface area contributed by atoms with E-state index in [0.717, 1.165) is 23.6 Å². The molecule has 0 spiro atoms. The van der Waals surface area contributed by atoms with Crippen LogP contribution in [0.2, 0.25) is 0 Å². The highest BCUT2D eigenvalue weighted by atomic mass is 15.3. The third-order valence-electron chi connectivity index (χ3n) is 4.18. The highest BCUT2D eigenvalue weighted by Crippen LogP contribution is 2.21. The number of nitrogens with one attached hydrogen (secondary N) is 1. The molecule has 6 nitrogen and oxygen atoms in total. The number of anilines is 1. The first-order valence-electron chi connectivity index (χ1n) is 8.22. The summed E-state index contributed by atoms with van der Waals surface area (Å²) in [4.78, 5) is 2.58. The van der Waals surface area contributed by atoms with Crippen LogP contribution in [0, 0.1) is 6.92 Å². The van der Waals surface area contributed by atoms with Crippen LogP contribution in [0.25, 0.3) is 5.65 Å². The van der Waals surface area contributed by atoms with Crippen LogP contribution in [-0.4, -0.2) is 49.9 Å². The summed E-state index contributed by atoms with van der Waals surface area (Å²) in [5.74, 6) is 0. The molecule has 6 heteroatoms. The van der Waals surface area contributed by atoms with Crippen molar-refractivity contribution in [1.82, 2.24) is 24.7 Å². The Kier molecular flexibility index (Phi) is 4.29. The molecule has 1 saturated heterocycles. The van der Waals surface area contributed by atoms with E-state index in [-0.39, 0.29) is 5.54 Å². The number of fused-ring (bicyclic) bond motifs is 1. The molecule has 3 heterocycles. The lowest BCUT2D eigenvalue weighted by molar-refractivity contribution is 0.243. The van der Waals surface area contributed by atoms with Gasteiger partial charge in [0.25, 0.3) is 0 Å². The minimum Gasteiger partial charge on any atom is -0.376 e. The Balaban J connectivity index is 1.75. The Morgan fingerprint density at radius 1 is 1.18 bits per heavy atom. The summed E-state index contributed by atoms with van der Waals surface area (Å²) < 4.78 is 1.74. The zero-order valence-electron chi connectivity index (χ0n) is 13.8. The fraction of sp³-hybridized carbons (Fsp3) is 0.688. The van der Waals surface area contributed by atoms with Crippen molar-refractivity contribution in [2.24, 2.45) is 0 Å². The summed E-state index contributed by atoms with van der Waals surface area (Å²) in [5, 5.41) is 16.2. The summed E-state index contributed by atoms with van der Waals surface area (Å²) in [6.07, 6.45) is 7.02. The van der Waals surface area contributed by atoms with Gasteiger partial charge in [-0.1, -0.05) is 12.8 Å². The molecule has 1 fully saturated rings. The van der Waals surface area contributed by atoms with E-state index in [2.05, 4.69) is 39.4 Å². The van der Waals surface area contributed by atoms with E-state index < -0.39 is 0 Å². The van der Waals surface area contributed by atoms with Crippen LogP contribution in [0.1, 0.15) is 45.2 Å². The Morgan fingerprint density at radius 2 is 1.91 bits per heavy atom. The lowest BCUT2D eigenvalue weighted by Crippen LogP contribution is -2.44. The monoisotopic (exact) mass is 302 g/mol. The zero-order valence-corrected chi connectivity index (χ0v) is 13.8. The van der Waals surface area contributed by atoms with Crippen LogP contribution in [-0.2, 0) is 0 Å². The molecule has 22 heavy (non-hydrogen) atoms. The normalized spacial score (nSPS) is 17.6. The molecule has 0 atom stereocenters. The smallest absolute Gasteiger partial charge is 0.200 e. The molecule has 0 amide bonds. The molecule has 0 saturated carbocycles. The summed E-state index contributed by atoms with van der Waals surface area (Å²) in [7, 11) is 0. The van der Waals surface area contributed by atoms with E-state index in [0.29, 0.717) is 0 Å². The van der Waals surface area contributed by atoms with Gasteiger partial charge in [0.15, 0.2) is 0 Å². The SMILES string of the molecule is Cc1cc(NC(C)(C)CN2CCCCCC2)c2nncn2n1. The molecule has 0 bridgehead atoms. The van der Waals surface area contributed by atoms with E-state index in [4.69, 9.17) is 0 Å². The predicted octanol–water partition coefficient (Wildman–Crippen LogP) is 2.50. The van der Waals surface area contributed by atoms with Gasteiger partial charge in [-0.05, 0) is 52.8 Å². The molecular formula is C16H26N6. The summed E-state index contributed by atoms with van der Waals surface area (Å²) in [5.41, 5.74) is 2.73. The number of nitrogens with zero attached hydrogens (tertiary/aromatic N) is 5. The first kappa shape index (κ1) is 15.2. The van der Waals surface area contributed by atoms with Crippen molar-refractivity contribution in [3.63, 3.8) is 0 Å². The van der Waals surface area contributed by atoms with Crippen molar-refractivity contribution in [1.29, 1.82) is 0 Å². The van der Waals surface area contributed by atoms with Gasteiger partial charge >= 0.3 is 0 Å². The molecule has 2 aromatic heterocycles. The van der Waals surface area contributed by atoms with Crippen LogP contribution in [0.5, 0.6) is 0 Å². The number of hydrogen-bond donors (Lipinski definition) is 1. The number of hydrogen-bond acceptors (Lipinski definition) is 5. The quantitative estimate of drug-likeness (QED) is 0.940. The number of likely N-dealkylation sites (tertiary alicyclic amines) is 1. The zero-order chi connectivity index (χ0) is 15.6. The average Bonchev–Trinajstić information content (AvgIpc) is 2.76. The summed E-state index contributed by atoms with van der Waals surface area (Å²) >= 11 is 0. The van der Waals surface area contributed by atoms with Gasteiger partial charge in [-0.2, -0.15) is 9.61 Å². The van der Waals surface area contributed by atoms with Gasteiger partial charge in [0.2, 0.25) is 5.65 Å². The lowest BCUT2D eigenvalue weighted by Gasteiger charge is -2.33. The molecule has 1 aliphatic rings. The van der Waals surface area contributed by atoms with Gasteiger partial charge in [0.1, 0.15) is 6.33 Å². The third-order valence-corrected chi connectivity index (χ3v) is 4.18. The van der Waals surface area contributed by atoms with E-state index in [1.165, 1.54) is 38.8 Å². The molecule has 1 N–H and O–H groups in total. The fourth-order valence-electron chi connectivity index (χ4n) is 3.30. The van der Waals surface area contributed by atoms with E-state index in [1.807, 2.05) is 13.0 Å². The van der Waals surface area contributed by atoms with E-state index >= 15 is 0 Å². The topological polar surface area (TPSA) is 58.3 Å². The summed E-state index contributed by atoms with van der Waals surface area (Å²) in [6, 6.07) is 2.05. The molecule has 0 aliphatic carbocycles. The molecule has 0 unspecified atom stereocenters. The second-order valence-electron chi connectivity index (χ2n) is 7.00. The van der Waals surface area contributed by atoms with Gasteiger partial charge in [-0.3, -0.25) is 0 Å². The maximum atomic E-state index is 4.40. The van der Waals surface area contributed by atoms with Crippen molar-refractivity contribution in [2.45, 2.75) is 52.0 Å². The largest absolute Gasteiger partial charge is 0.376 e. The third kappa shape index (κ3) is 3.55. The number of rotatable bonds is 4. The minimum absolute atomic E-state index is 0.0232. The van der Waals surface area contributed by atoms with E-state index in [9.17, 15) is 0 Å². The molecule has 1 aliphatic heterocycles. The second-order valence-corrected chi connectivity index (χ2v) is 7.00. The number of aromatic nitrogens is 4. The van der Waals surface area contributed by atoms with Gasteiger partial charge in [-0.25, -0.2) is 0 Å². The maximum Gasteiger partial charge on any atom is 0.200 e. The molecule has 3 rings (SSSR count). The van der Waals surface area contributed by atoms with Crippen LogP contribution in [0.4, 0.5) is 5.69 Å². The van der Waals surface area contributed by atoms with Gasteiger partial charge in [0, 0.05) is 12.1 Å². The number of aryl methyl sites for hydroxylation is 1. The molecular weight excluding hydrogens is 276 g/mol. The second kappa shape index (κ2) is 6.20. The van der Waals surface area contributed by atoms with E-state index in [1.54, 1.807) is 10.8 Å². The van der Waals surface area contributed by atoms with Crippen molar-refractivity contribution in [3.05, 3.63) is 18.1 Å². The molecule has 0 radical (unpaired) electrons. The van der Waals surface area contributed by atoms with Crippen LogP contribution >= 0.6 is 0 Å². The van der Waals surface area contributed by atoms with Gasteiger partial charge < -0.3 is 10.2 Å². The van der Waals surface area contributed by atoms with Crippen molar-refractivity contribution in [2.75, 3.05) is 25.0 Å². The molecule has 2 aromatic rings. The Hall–Kier alpha value is -1.69. The van der Waals surface area contributed by atoms with Crippen LogP contribution in [0.15, 0.2) is 12.4 Å². The highest BCUT2D eigenvalue weighted by Gasteiger charge is 2.23. The van der Waals surface area contributed by atoms with Gasteiger partial charge in [0.05, 0.1) is 11.4 Å². The van der Waals surface area contributed by atoms with Crippen LogP contribution < -0.4 is 5.32 Å². The first-order valence-corrected chi connectivity index (χ1v) is 8.22. The Bertz CT molecular complexity index is 625. The average molecular weight is 302 g/mol. The first-order chi connectivity index (χ1) is 10.5. The maximum absolute atomic E-state index is 4.40. The lowest BCUT2D eigenvalue weighted by atomic mass is 10.0. The minimum atomic E-state index is -0.0232. The fourth-order valence-corrected chi connectivity index (χ4v) is 3.30. The predicted molar refractivity (Wildman–Crippen MR) is 88.1 cm³/mol. The Labute approximate surface area is 131 Å². The molecule has 120 valence electrons. The van der Waals surface area contributed by atoms with Gasteiger partial charge in [-0.15, -0.1) is 10.2 Å². The van der Waals surface area contributed by atoms with Crippen LogP contribution in [0.3, 0.4) is 0 Å². The Morgan fingerprint density at radius 3 is 2.64 bits per heavy atom. The highest BCUT2D eigenvalue weighted by molar-refractivity contribution is 5.67. The molecule has 0 aromatic carbocycles.